The van der Waals surface area contributed by atoms with Gasteiger partial charge in [-0.3, -0.25) is 9.69 Å². The third-order valence-electron chi connectivity index (χ3n) is 2.60. The highest BCUT2D eigenvalue weighted by molar-refractivity contribution is 5.97. The molecule has 0 radical (unpaired) electrons. The Kier molecular flexibility index (Phi) is 4.99. The number of likely N-dealkylation sites (N-methyl/N-ethyl adjacent to an activating group) is 1. The number of hydrogen-bond acceptors (Lipinski definition) is 3. The number of carbonyl (C=O) groups excluding carboxylic acids is 1. The third-order valence-corrected chi connectivity index (χ3v) is 2.60. The van der Waals surface area contributed by atoms with Gasteiger partial charge in [-0.2, -0.15) is 0 Å². The number of benzene rings is 1. The van der Waals surface area contributed by atoms with Crippen LogP contribution >= 0.6 is 0 Å². The highest BCUT2D eigenvalue weighted by atomic mass is 19.1. The molecular weight excluding hydrogens is 233 g/mol. The Morgan fingerprint density at radius 3 is 2.50 bits per heavy atom. The topological polar surface area (TPSA) is 40.5 Å². The van der Waals surface area contributed by atoms with Crippen LogP contribution in [0.5, 0.6) is 0 Å². The lowest BCUT2D eigenvalue weighted by atomic mass is 10.1. The molecule has 0 saturated heterocycles. The summed E-state index contributed by atoms with van der Waals surface area (Å²) in [6.07, 6.45) is 0. The summed E-state index contributed by atoms with van der Waals surface area (Å²) in [4.78, 5) is 13.8. The van der Waals surface area contributed by atoms with Crippen LogP contribution in [0, 0.1) is 5.82 Å². The highest BCUT2D eigenvalue weighted by Crippen LogP contribution is 2.10. The van der Waals surface area contributed by atoms with Crippen molar-refractivity contribution in [2.75, 3.05) is 19.6 Å². The molecular formula is C14H20FNO2. The molecule has 0 unspecified atom stereocenters. The summed E-state index contributed by atoms with van der Waals surface area (Å²) in [6, 6.07) is 5.96. The lowest BCUT2D eigenvalue weighted by molar-refractivity contribution is 0.0375. The summed E-state index contributed by atoms with van der Waals surface area (Å²) < 4.78 is 13.4. The summed E-state index contributed by atoms with van der Waals surface area (Å²) in [5.74, 6) is -0.763. The standard InChI is InChI=1S/C14H20FNO2/c1-4-16(10-14(2,3)18)9-13(17)11-7-5-6-8-12(11)15/h5-8,18H,4,9-10H2,1-3H3. The minimum atomic E-state index is -0.870. The molecule has 0 aromatic heterocycles. The van der Waals surface area contributed by atoms with Gasteiger partial charge in [-0.05, 0) is 32.5 Å². The van der Waals surface area contributed by atoms with Gasteiger partial charge in [0.15, 0.2) is 5.78 Å². The fourth-order valence-electron chi connectivity index (χ4n) is 1.80. The lowest BCUT2D eigenvalue weighted by Gasteiger charge is -2.27. The van der Waals surface area contributed by atoms with Crippen molar-refractivity contribution in [3.63, 3.8) is 0 Å². The third kappa shape index (κ3) is 4.55. The van der Waals surface area contributed by atoms with Crippen LogP contribution in [0.1, 0.15) is 31.1 Å². The van der Waals surface area contributed by atoms with Crippen LogP contribution in [0.3, 0.4) is 0 Å². The van der Waals surface area contributed by atoms with Crippen LogP contribution in [0.25, 0.3) is 0 Å². The molecule has 1 rings (SSSR count). The number of rotatable bonds is 6. The predicted octanol–water partition coefficient (Wildman–Crippen LogP) is 2.10. The zero-order chi connectivity index (χ0) is 13.8. The van der Waals surface area contributed by atoms with Gasteiger partial charge in [0.05, 0.1) is 17.7 Å². The van der Waals surface area contributed by atoms with E-state index in [-0.39, 0.29) is 17.9 Å². The maximum Gasteiger partial charge on any atom is 0.179 e. The van der Waals surface area contributed by atoms with Crippen LogP contribution in [0.2, 0.25) is 0 Å². The van der Waals surface area contributed by atoms with Crippen molar-refractivity contribution in [2.24, 2.45) is 0 Å². The van der Waals surface area contributed by atoms with Crippen molar-refractivity contribution >= 4 is 5.78 Å². The molecule has 0 bridgehead atoms. The van der Waals surface area contributed by atoms with Gasteiger partial charge in [-0.15, -0.1) is 0 Å². The molecule has 0 fully saturated rings. The number of Topliss-reactive ketones (excluding diaryl/α,β-unsaturated/α-hetero) is 1. The minimum Gasteiger partial charge on any atom is -0.389 e. The molecule has 100 valence electrons. The summed E-state index contributed by atoms with van der Waals surface area (Å²) in [5.41, 5.74) is -0.766. The molecule has 0 saturated carbocycles. The predicted molar refractivity (Wildman–Crippen MR) is 69.1 cm³/mol. The maximum absolute atomic E-state index is 13.4. The van der Waals surface area contributed by atoms with Crippen molar-refractivity contribution in [1.82, 2.24) is 4.90 Å². The second kappa shape index (κ2) is 6.07. The van der Waals surface area contributed by atoms with Gasteiger partial charge >= 0.3 is 0 Å². The van der Waals surface area contributed by atoms with Crippen molar-refractivity contribution in [3.05, 3.63) is 35.6 Å². The van der Waals surface area contributed by atoms with Crippen molar-refractivity contribution in [2.45, 2.75) is 26.4 Å². The van der Waals surface area contributed by atoms with E-state index in [4.69, 9.17) is 0 Å². The summed E-state index contributed by atoms with van der Waals surface area (Å²) in [6.45, 7) is 6.39. The first-order valence-electron chi connectivity index (χ1n) is 6.06. The molecule has 0 heterocycles. The number of ketones is 1. The molecule has 0 aliphatic carbocycles. The molecule has 4 heteroatoms. The van der Waals surface area contributed by atoms with Gasteiger partial charge in [-0.25, -0.2) is 4.39 Å². The lowest BCUT2D eigenvalue weighted by Crippen LogP contribution is -2.41. The summed E-state index contributed by atoms with van der Waals surface area (Å²) in [7, 11) is 0. The van der Waals surface area contributed by atoms with Crippen molar-refractivity contribution in [3.8, 4) is 0 Å². The molecule has 0 aliphatic rings. The van der Waals surface area contributed by atoms with E-state index in [1.165, 1.54) is 12.1 Å². The quantitative estimate of drug-likeness (QED) is 0.789. The molecule has 1 N–H and O–H groups in total. The van der Waals surface area contributed by atoms with Gasteiger partial charge < -0.3 is 5.11 Å². The Balaban J connectivity index is 2.71. The minimum absolute atomic E-state index is 0.103. The first-order valence-corrected chi connectivity index (χ1v) is 6.06. The first-order chi connectivity index (χ1) is 8.33. The van der Waals surface area contributed by atoms with E-state index in [1.54, 1.807) is 30.9 Å². The molecule has 0 amide bonds. The fourth-order valence-corrected chi connectivity index (χ4v) is 1.80. The molecule has 1 aromatic carbocycles. The van der Waals surface area contributed by atoms with E-state index in [9.17, 15) is 14.3 Å². The van der Waals surface area contributed by atoms with Gasteiger partial charge in [0.1, 0.15) is 5.82 Å². The molecule has 18 heavy (non-hydrogen) atoms. The fraction of sp³-hybridized carbons (Fsp3) is 0.500. The van der Waals surface area contributed by atoms with E-state index in [1.807, 2.05) is 6.92 Å². The number of halogens is 1. The number of hydrogen-bond donors (Lipinski definition) is 1. The van der Waals surface area contributed by atoms with Gasteiger partial charge in [0.25, 0.3) is 0 Å². The molecule has 0 spiro atoms. The second-order valence-electron chi connectivity index (χ2n) is 5.02. The largest absolute Gasteiger partial charge is 0.389 e. The summed E-state index contributed by atoms with van der Waals surface area (Å²) >= 11 is 0. The number of nitrogens with zero attached hydrogens (tertiary/aromatic N) is 1. The molecule has 0 aliphatic heterocycles. The normalized spacial score (nSPS) is 11.9. The molecule has 3 nitrogen and oxygen atoms in total. The second-order valence-corrected chi connectivity index (χ2v) is 5.02. The van der Waals surface area contributed by atoms with E-state index >= 15 is 0 Å². The van der Waals surface area contributed by atoms with Crippen LogP contribution in [0.4, 0.5) is 4.39 Å². The van der Waals surface area contributed by atoms with Crippen molar-refractivity contribution < 1.29 is 14.3 Å². The van der Waals surface area contributed by atoms with Crippen LogP contribution in [-0.2, 0) is 0 Å². The Bertz CT molecular complexity index is 413. The Morgan fingerprint density at radius 1 is 1.39 bits per heavy atom. The van der Waals surface area contributed by atoms with E-state index in [0.29, 0.717) is 13.1 Å². The SMILES string of the molecule is CCN(CC(=O)c1ccccc1F)CC(C)(C)O. The van der Waals surface area contributed by atoms with Gasteiger partial charge in [0, 0.05) is 6.54 Å². The van der Waals surface area contributed by atoms with E-state index in [0.717, 1.165) is 0 Å². The Hall–Kier alpha value is -1.26. The van der Waals surface area contributed by atoms with Gasteiger partial charge in [-0.1, -0.05) is 19.1 Å². The average Bonchev–Trinajstić information content (AvgIpc) is 2.26. The number of carbonyl (C=O) groups is 1. The smallest absolute Gasteiger partial charge is 0.179 e. The van der Waals surface area contributed by atoms with Gasteiger partial charge in [0.2, 0.25) is 0 Å². The Morgan fingerprint density at radius 2 is 2.00 bits per heavy atom. The van der Waals surface area contributed by atoms with Crippen molar-refractivity contribution in [1.29, 1.82) is 0 Å². The highest BCUT2D eigenvalue weighted by Gasteiger charge is 2.20. The number of aliphatic hydroxyl groups is 1. The summed E-state index contributed by atoms with van der Waals surface area (Å²) in [5, 5.41) is 9.73. The Labute approximate surface area is 107 Å². The van der Waals surface area contributed by atoms with Crippen LogP contribution in [0.15, 0.2) is 24.3 Å². The first kappa shape index (κ1) is 14.8. The maximum atomic E-state index is 13.4. The zero-order valence-corrected chi connectivity index (χ0v) is 11.1. The average molecular weight is 253 g/mol. The molecule has 1 aromatic rings. The zero-order valence-electron chi connectivity index (χ0n) is 11.1. The molecule has 0 atom stereocenters. The van der Waals surface area contributed by atoms with E-state index < -0.39 is 11.4 Å². The monoisotopic (exact) mass is 253 g/mol. The van der Waals surface area contributed by atoms with Crippen LogP contribution in [-0.4, -0.2) is 41.0 Å². The van der Waals surface area contributed by atoms with Crippen LogP contribution < -0.4 is 0 Å². The van der Waals surface area contributed by atoms with E-state index in [2.05, 4.69) is 0 Å².